The Balaban J connectivity index is 2.62. The fourth-order valence-electron chi connectivity index (χ4n) is 1.42. The molecule has 5 heteroatoms. The quantitative estimate of drug-likeness (QED) is 0.861. The molecule has 0 amide bonds. The fourth-order valence-corrected chi connectivity index (χ4v) is 2.52. The van der Waals surface area contributed by atoms with Crippen molar-refractivity contribution in [2.45, 2.75) is 13.0 Å². The molecular formula is C11H12N2O2S. The number of aliphatic carboxylic acids is 1. The summed E-state index contributed by atoms with van der Waals surface area (Å²) >= 11 is 1.50. The van der Waals surface area contributed by atoms with Crippen LogP contribution in [-0.2, 0) is 11.8 Å². The van der Waals surface area contributed by atoms with Crippen LogP contribution in [0.1, 0.15) is 6.92 Å². The minimum atomic E-state index is -0.905. The average molecular weight is 236 g/mol. The molecule has 0 saturated heterocycles. The number of aryl methyl sites for hydroxylation is 1. The first-order valence-corrected chi connectivity index (χ1v) is 5.72. The molecular weight excluding hydrogens is 224 g/mol. The number of nitrogens with zero attached hydrogens (tertiary/aromatic N) is 2. The molecule has 0 aliphatic carbocycles. The third-order valence-corrected chi connectivity index (χ3v) is 3.50. The summed E-state index contributed by atoms with van der Waals surface area (Å²) in [5.74, 6) is -0.905. The van der Waals surface area contributed by atoms with E-state index >= 15 is 0 Å². The fraction of sp³-hybridized carbons (Fsp3) is 0.273. The Morgan fingerprint density at radius 2 is 2.19 bits per heavy atom. The zero-order chi connectivity index (χ0) is 11.7. The van der Waals surface area contributed by atoms with E-state index in [9.17, 15) is 4.79 Å². The van der Waals surface area contributed by atoms with Crippen LogP contribution in [0.2, 0.25) is 0 Å². The highest BCUT2D eigenvalue weighted by molar-refractivity contribution is 7.16. The minimum Gasteiger partial charge on any atom is -0.480 e. The van der Waals surface area contributed by atoms with Crippen LogP contribution in [0.15, 0.2) is 29.3 Å². The van der Waals surface area contributed by atoms with Crippen molar-refractivity contribution in [3.63, 3.8) is 0 Å². The van der Waals surface area contributed by atoms with Crippen LogP contribution in [0.4, 0.5) is 0 Å². The van der Waals surface area contributed by atoms with Gasteiger partial charge in [0.25, 0.3) is 0 Å². The number of carboxylic acid groups (broad SMARTS) is 1. The first-order chi connectivity index (χ1) is 7.59. The van der Waals surface area contributed by atoms with Gasteiger partial charge >= 0.3 is 5.97 Å². The van der Waals surface area contributed by atoms with Gasteiger partial charge in [-0.1, -0.05) is 23.5 Å². The van der Waals surface area contributed by atoms with Gasteiger partial charge in [-0.3, -0.25) is 0 Å². The Hall–Kier alpha value is -1.62. The maximum Gasteiger partial charge on any atom is 0.328 e. The first kappa shape index (κ1) is 10.9. The van der Waals surface area contributed by atoms with E-state index in [0.717, 1.165) is 15.0 Å². The molecule has 16 heavy (non-hydrogen) atoms. The second-order valence-electron chi connectivity index (χ2n) is 3.55. The average Bonchev–Trinajstić information content (AvgIpc) is 2.56. The van der Waals surface area contributed by atoms with E-state index in [-0.39, 0.29) is 0 Å². The molecule has 0 fully saturated rings. The molecule has 84 valence electrons. The molecule has 0 spiro atoms. The summed E-state index contributed by atoms with van der Waals surface area (Å²) in [6.45, 7) is 1.58. The van der Waals surface area contributed by atoms with Crippen LogP contribution >= 0.6 is 11.3 Å². The topological polar surface area (TPSA) is 54.6 Å². The third-order valence-electron chi connectivity index (χ3n) is 2.38. The Morgan fingerprint density at radius 3 is 2.81 bits per heavy atom. The van der Waals surface area contributed by atoms with Gasteiger partial charge in [0.15, 0.2) is 4.80 Å². The van der Waals surface area contributed by atoms with E-state index in [1.165, 1.54) is 11.3 Å². The van der Waals surface area contributed by atoms with E-state index in [1.807, 2.05) is 35.9 Å². The van der Waals surface area contributed by atoms with Crippen LogP contribution in [0.25, 0.3) is 10.2 Å². The minimum absolute atomic E-state index is 0.709. The number of thiazole rings is 1. The zero-order valence-electron chi connectivity index (χ0n) is 9.04. The highest BCUT2D eigenvalue weighted by Gasteiger charge is 2.09. The highest BCUT2D eigenvalue weighted by Crippen LogP contribution is 2.15. The lowest BCUT2D eigenvalue weighted by molar-refractivity contribution is -0.138. The lowest BCUT2D eigenvalue weighted by Crippen LogP contribution is -2.20. The number of fused-ring (bicyclic) bond motifs is 1. The van der Waals surface area contributed by atoms with Crippen molar-refractivity contribution < 1.29 is 9.90 Å². The molecule has 0 radical (unpaired) electrons. The van der Waals surface area contributed by atoms with Crippen molar-refractivity contribution in [3.8, 4) is 0 Å². The largest absolute Gasteiger partial charge is 0.480 e. The Labute approximate surface area is 96.5 Å². The van der Waals surface area contributed by atoms with Crippen molar-refractivity contribution in [1.82, 2.24) is 4.57 Å². The molecule has 0 unspecified atom stereocenters. The molecule has 1 aromatic heterocycles. The molecule has 4 nitrogen and oxygen atoms in total. The van der Waals surface area contributed by atoms with Crippen molar-refractivity contribution in [2.24, 2.45) is 12.0 Å². The number of carbonyl (C=O) groups is 1. The summed E-state index contributed by atoms with van der Waals surface area (Å²) in [4.78, 5) is 15.6. The molecule has 1 aromatic carbocycles. The Morgan fingerprint density at radius 1 is 1.50 bits per heavy atom. The molecule has 0 bridgehead atoms. The van der Waals surface area contributed by atoms with Gasteiger partial charge in [0.1, 0.15) is 6.04 Å². The summed E-state index contributed by atoms with van der Waals surface area (Å²) in [6.07, 6.45) is 0. The maximum atomic E-state index is 10.7. The van der Waals surface area contributed by atoms with Gasteiger partial charge in [-0.2, -0.15) is 0 Å². The second kappa shape index (κ2) is 4.09. The number of rotatable bonds is 2. The first-order valence-electron chi connectivity index (χ1n) is 4.91. The lowest BCUT2D eigenvalue weighted by Gasteiger charge is -1.98. The standard InChI is InChI=1S/C11H12N2O2S/c1-7(10(14)15)12-11-13(2)8-5-3-4-6-9(8)16-11/h3-7H,1-2H3,(H,14,15)/t7-/m1/s1. The monoisotopic (exact) mass is 236 g/mol. The highest BCUT2D eigenvalue weighted by atomic mass is 32.1. The molecule has 0 aliphatic rings. The Kier molecular flexibility index (Phi) is 2.78. The van der Waals surface area contributed by atoms with Gasteiger partial charge in [0.05, 0.1) is 10.2 Å². The molecule has 1 heterocycles. The maximum absolute atomic E-state index is 10.7. The van der Waals surface area contributed by atoms with E-state index in [4.69, 9.17) is 5.11 Å². The van der Waals surface area contributed by atoms with Gasteiger partial charge in [-0.25, -0.2) is 9.79 Å². The smallest absolute Gasteiger partial charge is 0.328 e. The van der Waals surface area contributed by atoms with Crippen molar-refractivity contribution in [2.75, 3.05) is 0 Å². The number of hydrogen-bond acceptors (Lipinski definition) is 3. The van der Waals surface area contributed by atoms with E-state index < -0.39 is 12.0 Å². The number of hydrogen-bond donors (Lipinski definition) is 1. The van der Waals surface area contributed by atoms with E-state index in [0.29, 0.717) is 0 Å². The summed E-state index contributed by atoms with van der Waals surface area (Å²) in [5.41, 5.74) is 1.07. The SMILES string of the molecule is C[C@@H](N=c1sc2ccccc2n1C)C(=O)O. The lowest BCUT2D eigenvalue weighted by atomic mass is 10.3. The molecule has 0 saturated carbocycles. The number of benzene rings is 1. The summed E-state index contributed by atoms with van der Waals surface area (Å²) in [7, 11) is 1.90. The third kappa shape index (κ3) is 1.86. The molecule has 2 aromatic rings. The van der Waals surface area contributed by atoms with E-state index in [1.54, 1.807) is 6.92 Å². The predicted molar refractivity (Wildman–Crippen MR) is 63.5 cm³/mol. The molecule has 0 aliphatic heterocycles. The summed E-state index contributed by atoms with van der Waals surface area (Å²) in [5, 5.41) is 8.81. The van der Waals surface area contributed by atoms with Crippen LogP contribution in [0.5, 0.6) is 0 Å². The van der Waals surface area contributed by atoms with Crippen molar-refractivity contribution in [1.29, 1.82) is 0 Å². The normalized spacial score (nSPS) is 14.2. The van der Waals surface area contributed by atoms with Crippen LogP contribution < -0.4 is 4.80 Å². The van der Waals surface area contributed by atoms with Crippen molar-refractivity contribution >= 4 is 27.5 Å². The van der Waals surface area contributed by atoms with Gasteiger partial charge in [0.2, 0.25) is 0 Å². The van der Waals surface area contributed by atoms with Gasteiger partial charge in [0, 0.05) is 7.05 Å². The van der Waals surface area contributed by atoms with Gasteiger partial charge in [-0.15, -0.1) is 0 Å². The second-order valence-corrected chi connectivity index (χ2v) is 4.56. The zero-order valence-corrected chi connectivity index (χ0v) is 9.86. The van der Waals surface area contributed by atoms with Crippen LogP contribution in [0, 0.1) is 0 Å². The number of carboxylic acids is 1. The van der Waals surface area contributed by atoms with Gasteiger partial charge < -0.3 is 9.67 Å². The van der Waals surface area contributed by atoms with E-state index in [2.05, 4.69) is 4.99 Å². The van der Waals surface area contributed by atoms with Crippen molar-refractivity contribution in [3.05, 3.63) is 29.1 Å². The summed E-state index contributed by atoms with van der Waals surface area (Å²) in [6, 6.07) is 7.21. The number of para-hydroxylation sites is 1. The van der Waals surface area contributed by atoms with Crippen LogP contribution in [-0.4, -0.2) is 21.7 Å². The molecule has 2 rings (SSSR count). The predicted octanol–water partition coefficient (Wildman–Crippen LogP) is 1.61. The van der Waals surface area contributed by atoms with Crippen LogP contribution in [0.3, 0.4) is 0 Å². The number of aromatic nitrogens is 1. The van der Waals surface area contributed by atoms with Gasteiger partial charge in [-0.05, 0) is 19.1 Å². The Bertz CT molecular complexity index is 597. The summed E-state index contributed by atoms with van der Waals surface area (Å²) < 4.78 is 3.03. The molecule has 1 N–H and O–H groups in total. The molecule has 1 atom stereocenters.